The maximum atomic E-state index is 6.66. The number of hydrogen-bond acceptors (Lipinski definition) is 2. The first-order valence-corrected chi connectivity index (χ1v) is 21.9. The zero-order valence-electron chi connectivity index (χ0n) is 35.1. The lowest BCUT2D eigenvalue weighted by atomic mass is 9.84. The molecule has 1 aliphatic heterocycles. The van der Waals surface area contributed by atoms with E-state index in [1.54, 1.807) is 0 Å². The molecule has 1 aliphatic rings. The van der Waals surface area contributed by atoms with Crippen molar-refractivity contribution in [2.75, 3.05) is 0 Å². The van der Waals surface area contributed by atoms with Gasteiger partial charge in [0.05, 0.1) is 16.7 Å². The Hall–Kier alpha value is -7.49. The molecule has 3 nitrogen and oxygen atoms in total. The number of hydrogen-bond donors (Lipinski definition) is 0. The maximum absolute atomic E-state index is 6.66. The molecule has 0 saturated carbocycles. The van der Waals surface area contributed by atoms with E-state index in [2.05, 4.69) is 219 Å². The molecule has 62 heavy (non-hydrogen) atoms. The van der Waals surface area contributed by atoms with Crippen LogP contribution in [0.25, 0.3) is 83.0 Å². The summed E-state index contributed by atoms with van der Waals surface area (Å²) in [5.41, 5.74) is 18.4. The molecule has 0 aliphatic carbocycles. The number of benzene rings is 8. The number of para-hydroxylation sites is 1. The normalized spacial score (nSPS) is 16.8. The standard InChI is InChI=1S/C59H46N2O/c1-3-40-38-53(60-52(42-19-9-5-10-20-42)32-29-39(2)58(40)43-21-11-6-12-22-43)49-26-16-28-57-59(49)51-37-46(31-34-56(51)62-57)45-30-33-55-50(36-45)48-25-13-14-27-54(48)61(55)47-24-15-23-44(35-47)41-17-7-4-8-18-41/h4-28,30-31,33-38,40H,3,29,32H2,1-2H3/b53-38-,58-39-,60-52?. The number of allylic oxidation sites excluding steroid dienone is 3. The van der Waals surface area contributed by atoms with E-state index in [4.69, 9.17) is 9.41 Å². The molecule has 0 saturated heterocycles. The molecule has 0 radical (unpaired) electrons. The number of furan rings is 1. The van der Waals surface area contributed by atoms with Crippen molar-refractivity contribution in [2.24, 2.45) is 10.9 Å². The highest BCUT2D eigenvalue weighted by atomic mass is 16.3. The van der Waals surface area contributed by atoms with Crippen LogP contribution in [0.5, 0.6) is 0 Å². The smallest absolute Gasteiger partial charge is 0.136 e. The number of nitrogens with zero attached hydrogens (tertiary/aromatic N) is 2. The second-order valence-corrected chi connectivity index (χ2v) is 16.5. The molecule has 10 aromatic rings. The second-order valence-electron chi connectivity index (χ2n) is 16.5. The van der Waals surface area contributed by atoms with Gasteiger partial charge in [-0.25, -0.2) is 0 Å². The molecular formula is C59H46N2O. The Kier molecular flexibility index (Phi) is 9.58. The largest absolute Gasteiger partial charge is 0.456 e. The highest BCUT2D eigenvalue weighted by molar-refractivity contribution is 6.14. The average molecular weight is 799 g/mol. The van der Waals surface area contributed by atoms with Crippen LogP contribution in [0, 0.1) is 5.92 Å². The molecule has 1 atom stereocenters. The molecule has 11 rings (SSSR count). The van der Waals surface area contributed by atoms with Gasteiger partial charge < -0.3 is 8.98 Å². The SMILES string of the molecule is CCC1/C=C(/c2cccc3oc4ccc(-c5ccc6c(c5)c5ccccc5n6-c5cccc(-c6ccccc6)c5)cc4c23)N=C(c2ccccc2)CC/C(C)=C/1c1ccccc1. The van der Waals surface area contributed by atoms with Crippen LogP contribution < -0.4 is 0 Å². The fourth-order valence-corrected chi connectivity index (χ4v) is 9.76. The summed E-state index contributed by atoms with van der Waals surface area (Å²) in [5, 5.41) is 4.64. The summed E-state index contributed by atoms with van der Waals surface area (Å²) >= 11 is 0. The highest BCUT2D eigenvalue weighted by Crippen LogP contribution is 2.42. The third-order valence-corrected chi connectivity index (χ3v) is 12.8. The minimum absolute atomic E-state index is 0.185. The summed E-state index contributed by atoms with van der Waals surface area (Å²) in [6.07, 6.45) is 5.19. The lowest BCUT2D eigenvalue weighted by molar-refractivity contribution is 0.669. The molecule has 8 aromatic carbocycles. The van der Waals surface area contributed by atoms with Crippen molar-refractivity contribution in [1.82, 2.24) is 4.57 Å². The Balaban J connectivity index is 1.07. The van der Waals surface area contributed by atoms with E-state index in [-0.39, 0.29) is 5.92 Å². The zero-order chi connectivity index (χ0) is 41.6. The van der Waals surface area contributed by atoms with Crippen molar-refractivity contribution in [3.05, 3.63) is 222 Å². The summed E-state index contributed by atoms with van der Waals surface area (Å²) < 4.78 is 9.06. The van der Waals surface area contributed by atoms with Crippen molar-refractivity contribution in [2.45, 2.75) is 33.1 Å². The summed E-state index contributed by atoms with van der Waals surface area (Å²) in [7, 11) is 0. The lowest BCUT2D eigenvalue weighted by Gasteiger charge is -2.20. The van der Waals surface area contributed by atoms with Gasteiger partial charge in [-0.15, -0.1) is 0 Å². The first kappa shape index (κ1) is 37.5. The van der Waals surface area contributed by atoms with Gasteiger partial charge in [0.1, 0.15) is 11.2 Å². The van der Waals surface area contributed by atoms with Crippen LogP contribution >= 0.6 is 0 Å². The maximum Gasteiger partial charge on any atom is 0.136 e. The molecule has 0 bridgehead atoms. The van der Waals surface area contributed by atoms with E-state index in [1.807, 2.05) is 0 Å². The number of aliphatic imine (C=N–C) groups is 1. The predicted octanol–water partition coefficient (Wildman–Crippen LogP) is 16.1. The first-order valence-electron chi connectivity index (χ1n) is 21.9. The van der Waals surface area contributed by atoms with Gasteiger partial charge in [-0.05, 0) is 114 Å². The van der Waals surface area contributed by atoms with Gasteiger partial charge in [0.25, 0.3) is 0 Å². The van der Waals surface area contributed by atoms with Crippen LogP contribution in [-0.4, -0.2) is 10.3 Å². The fraction of sp³-hybridized carbons (Fsp3) is 0.102. The van der Waals surface area contributed by atoms with E-state index >= 15 is 0 Å². The molecule has 0 N–H and O–H groups in total. The molecule has 3 heterocycles. The molecule has 0 fully saturated rings. The quantitative estimate of drug-likeness (QED) is 0.158. The Morgan fingerprint density at radius 1 is 0.516 bits per heavy atom. The summed E-state index contributed by atoms with van der Waals surface area (Å²) in [6, 6.07) is 69.9. The van der Waals surface area contributed by atoms with Gasteiger partial charge in [0.2, 0.25) is 0 Å². The van der Waals surface area contributed by atoms with Gasteiger partial charge in [-0.1, -0.05) is 164 Å². The molecule has 0 spiro atoms. The third-order valence-electron chi connectivity index (χ3n) is 12.8. The van der Waals surface area contributed by atoms with Crippen molar-refractivity contribution >= 4 is 60.7 Å². The summed E-state index contributed by atoms with van der Waals surface area (Å²) in [5.74, 6) is 0.185. The van der Waals surface area contributed by atoms with Crippen molar-refractivity contribution in [1.29, 1.82) is 0 Å². The molecule has 298 valence electrons. The van der Waals surface area contributed by atoms with Crippen molar-refractivity contribution in [3.63, 3.8) is 0 Å². The molecule has 1 unspecified atom stereocenters. The Morgan fingerprint density at radius 3 is 1.92 bits per heavy atom. The van der Waals surface area contributed by atoms with E-state index in [9.17, 15) is 0 Å². The van der Waals surface area contributed by atoms with Crippen molar-refractivity contribution < 1.29 is 4.42 Å². The summed E-state index contributed by atoms with van der Waals surface area (Å²) in [6.45, 7) is 4.61. The highest BCUT2D eigenvalue weighted by Gasteiger charge is 2.23. The van der Waals surface area contributed by atoms with Crippen LogP contribution in [0.15, 0.2) is 215 Å². The van der Waals surface area contributed by atoms with Crippen LogP contribution in [0.3, 0.4) is 0 Å². The molecule has 3 heteroatoms. The molecular weight excluding hydrogens is 753 g/mol. The number of rotatable bonds is 7. The Labute approximate surface area is 362 Å². The minimum atomic E-state index is 0.185. The topological polar surface area (TPSA) is 30.4 Å². The Bertz CT molecular complexity index is 3380. The molecule has 0 amide bonds. The van der Waals surface area contributed by atoms with E-state index in [0.29, 0.717) is 0 Å². The van der Waals surface area contributed by atoms with Crippen molar-refractivity contribution in [3.8, 4) is 27.9 Å². The summed E-state index contributed by atoms with van der Waals surface area (Å²) in [4.78, 5) is 5.63. The van der Waals surface area contributed by atoms with E-state index < -0.39 is 0 Å². The van der Waals surface area contributed by atoms with E-state index in [0.717, 1.165) is 80.6 Å². The molecule has 2 aromatic heterocycles. The fourth-order valence-electron chi connectivity index (χ4n) is 9.76. The monoisotopic (exact) mass is 798 g/mol. The van der Waals surface area contributed by atoms with E-state index in [1.165, 1.54) is 49.6 Å². The lowest BCUT2D eigenvalue weighted by Crippen LogP contribution is -2.03. The van der Waals surface area contributed by atoms with Gasteiger partial charge in [-0.3, -0.25) is 4.99 Å². The van der Waals surface area contributed by atoms with Gasteiger partial charge >= 0.3 is 0 Å². The Morgan fingerprint density at radius 2 is 1.15 bits per heavy atom. The minimum Gasteiger partial charge on any atom is -0.456 e. The average Bonchev–Trinajstić information content (AvgIpc) is 3.90. The number of aromatic nitrogens is 1. The first-order chi connectivity index (χ1) is 30.6. The van der Waals surface area contributed by atoms with Crippen LogP contribution in [0.1, 0.15) is 49.8 Å². The van der Waals surface area contributed by atoms with Crippen LogP contribution in [-0.2, 0) is 0 Å². The van der Waals surface area contributed by atoms with Gasteiger partial charge in [0.15, 0.2) is 0 Å². The van der Waals surface area contributed by atoms with Gasteiger partial charge in [0, 0.05) is 44.4 Å². The second kappa shape index (κ2) is 15.8. The zero-order valence-corrected chi connectivity index (χ0v) is 35.1. The number of fused-ring (bicyclic) bond motifs is 6. The van der Waals surface area contributed by atoms with Gasteiger partial charge in [-0.2, -0.15) is 0 Å². The third kappa shape index (κ3) is 6.67. The van der Waals surface area contributed by atoms with Crippen LogP contribution in [0.2, 0.25) is 0 Å². The predicted molar refractivity (Wildman–Crippen MR) is 262 cm³/mol. The van der Waals surface area contributed by atoms with Crippen LogP contribution in [0.4, 0.5) is 0 Å².